The average Bonchev–Trinajstić information content (AvgIpc) is 2.42. The molecule has 0 aliphatic rings. The average molecular weight is 324 g/mol. The summed E-state index contributed by atoms with van der Waals surface area (Å²) in [7, 11) is 0. The third-order valence-electron chi connectivity index (χ3n) is 3.04. The zero-order chi connectivity index (χ0) is 13.8. The van der Waals surface area contributed by atoms with Gasteiger partial charge in [-0.1, -0.05) is 42.5 Å². The maximum absolute atomic E-state index is 13.9. The Kier molecular flexibility index (Phi) is 4.69. The lowest BCUT2D eigenvalue weighted by atomic mass is 9.96. The van der Waals surface area contributed by atoms with Gasteiger partial charge in [0, 0.05) is 12.0 Å². The molecule has 0 fully saturated rings. The monoisotopic (exact) mass is 323 g/mol. The van der Waals surface area contributed by atoms with E-state index >= 15 is 0 Å². The van der Waals surface area contributed by atoms with Gasteiger partial charge in [0.15, 0.2) is 0 Å². The number of halogens is 2. The van der Waals surface area contributed by atoms with Crippen LogP contribution in [0.15, 0.2) is 53.0 Å². The summed E-state index contributed by atoms with van der Waals surface area (Å²) in [6.07, 6.45) is -0.431. The quantitative estimate of drug-likeness (QED) is 0.907. The Morgan fingerprint density at radius 1 is 1.11 bits per heavy atom. The van der Waals surface area contributed by atoms with Crippen LogP contribution >= 0.6 is 15.9 Å². The number of hydrogen-bond donors (Lipinski definition) is 2. The van der Waals surface area contributed by atoms with Crippen LogP contribution < -0.4 is 5.73 Å². The second kappa shape index (κ2) is 6.28. The first-order valence-electron chi connectivity index (χ1n) is 6.01. The fraction of sp³-hybridized carbons (Fsp3) is 0.200. The molecule has 0 aliphatic carbocycles. The van der Waals surface area contributed by atoms with E-state index in [9.17, 15) is 9.50 Å². The van der Waals surface area contributed by atoms with E-state index in [0.29, 0.717) is 16.5 Å². The molecule has 2 aromatic carbocycles. The summed E-state index contributed by atoms with van der Waals surface area (Å²) in [6, 6.07) is 13.7. The topological polar surface area (TPSA) is 46.2 Å². The van der Waals surface area contributed by atoms with Crippen LogP contribution in [-0.4, -0.2) is 11.2 Å². The lowest BCUT2D eigenvalue weighted by Crippen LogP contribution is -2.29. The fourth-order valence-corrected chi connectivity index (χ4v) is 2.35. The van der Waals surface area contributed by atoms with Crippen LogP contribution in [0.25, 0.3) is 0 Å². The Morgan fingerprint density at radius 3 is 2.47 bits per heavy atom. The summed E-state index contributed by atoms with van der Waals surface area (Å²) in [4.78, 5) is 0. The highest BCUT2D eigenvalue weighted by molar-refractivity contribution is 9.10. The molecule has 4 heteroatoms. The highest BCUT2D eigenvalue weighted by Gasteiger charge is 2.21. The molecule has 2 atom stereocenters. The van der Waals surface area contributed by atoms with Gasteiger partial charge in [-0.3, -0.25) is 0 Å². The largest absolute Gasteiger partial charge is 0.391 e. The number of aliphatic hydroxyl groups excluding tert-OH is 1. The van der Waals surface area contributed by atoms with Crippen molar-refractivity contribution in [2.45, 2.75) is 18.6 Å². The molecule has 0 spiro atoms. The Morgan fingerprint density at radius 2 is 1.79 bits per heavy atom. The van der Waals surface area contributed by atoms with Gasteiger partial charge in [0.05, 0.1) is 16.6 Å². The van der Waals surface area contributed by atoms with Crippen LogP contribution in [0.5, 0.6) is 0 Å². The number of benzene rings is 2. The number of hydrogen-bond acceptors (Lipinski definition) is 2. The van der Waals surface area contributed by atoms with Crippen LogP contribution in [0.4, 0.5) is 4.39 Å². The number of aliphatic hydroxyl groups is 1. The van der Waals surface area contributed by atoms with Crippen LogP contribution in [0.3, 0.4) is 0 Å². The zero-order valence-corrected chi connectivity index (χ0v) is 11.8. The Balaban J connectivity index is 2.15. The molecule has 100 valence electrons. The summed E-state index contributed by atoms with van der Waals surface area (Å²) >= 11 is 3.12. The standard InChI is InChI=1S/C15H15BrFNO/c16-12-8-4-7-11(14(12)17)15(18)13(19)9-10-5-2-1-3-6-10/h1-8,13,15,19H,9,18H2/t13-,15+/m1/s1. The molecule has 0 bridgehead atoms. The number of rotatable bonds is 4. The van der Waals surface area contributed by atoms with Gasteiger partial charge in [0.25, 0.3) is 0 Å². The van der Waals surface area contributed by atoms with Gasteiger partial charge in [-0.05, 0) is 27.6 Å². The van der Waals surface area contributed by atoms with Crippen molar-refractivity contribution < 1.29 is 9.50 Å². The molecule has 2 rings (SSSR count). The van der Waals surface area contributed by atoms with E-state index in [0.717, 1.165) is 5.56 Å². The molecule has 0 amide bonds. The molecule has 0 saturated carbocycles. The minimum Gasteiger partial charge on any atom is -0.391 e. The summed E-state index contributed by atoms with van der Waals surface area (Å²) in [5.41, 5.74) is 7.24. The van der Waals surface area contributed by atoms with E-state index in [1.165, 1.54) is 0 Å². The van der Waals surface area contributed by atoms with Gasteiger partial charge < -0.3 is 10.8 Å². The molecule has 2 nitrogen and oxygen atoms in total. The van der Waals surface area contributed by atoms with Crippen molar-refractivity contribution in [1.29, 1.82) is 0 Å². The van der Waals surface area contributed by atoms with Gasteiger partial charge in [-0.25, -0.2) is 4.39 Å². The molecule has 2 aromatic rings. The first kappa shape index (κ1) is 14.2. The third kappa shape index (κ3) is 3.41. The molecular weight excluding hydrogens is 309 g/mol. The van der Waals surface area contributed by atoms with Crippen molar-refractivity contribution in [1.82, 2.24) is 0 Å². The van der Waals surface area contributed by atoms with Crippen LogP contribution in [0.2, 0.25) is 0 Å². The van der Waals surface area contributed by atoms with Crippen molar-refractivity contribution in [2.24, 2.45) is 5.73 Å². The molecule has 3 N–H and O–H groups in total. The number of nitrogens with two attached hydrogens (primary N) is 1. The van der Waals surface area contributed by atoms with Crippen LogP contribution in [0, 0.1) is 5.82 Å². The SMILES string of the molecule is N[C@@H](c1cccc(Br)c1F)[C@H](O)Cc1ccccc1. The Bertz CT molecular complexity index is 547. The fourth-order valence-electron chi connectivity index (χ4n) is 1.97. The first-order valence-corrected chi connectivity index (χ1v) is 6.80. The summed E-state index contributed by atoms with van der Waals surface area (Å²) < 4.78 is 14.3. The van der Waals surface area contributed by atoms with Gasteiger partial charge >= 0.3 is 0 Å². The van der Waals surface area contributed by atoms with E-state index in [2.05, 4.69) is 15.9 Å². The van der Waals surface area contributed by atoms with E-state index in [1.807, 2.05) is 30.3 Å². The third-order valence-corrected chi connectivity index (χ3v) is 3.66. The van der Waals surface area contributed by atoms with E-state index < -0.39 is 18.0 Å². The van der Waals surface area contributed by atoms with Crippen LogP contribution in [-0.2, 0) is 6.42 Å². The van der Waals surface area contributed by atoms with Gasteiger partial charge in [-0.2, -0.15) is 0 Å². The predicted octanol–water partition coefficient (Wildman–Crippen LogP) is 3.19. The molecule has 0 saturated heterocycles. The molecule has 19 heavy (non-hydrogen) atoms. The molecule has 0 unspecified atom stereocenters. The second-order valence-corrected chi connectivity index (χ2v) is 5.28. The smallest absolute Gasteiger partial charge is 0.142 e. The van der Waals surface area contributed by atoms with Crippen molar-refractivity contribution in [3.05, 3.63) is 69.9 Å². The van der Waals surface area contributed by atoms with E-state index in [4.69, 9.17) is 5.73 Å². The maximum atomic E-state index is 13.9. The van der Waals surface area contributed by atoms with Crippen molar-refractivity contribution in [2.75, 3.05) is 0 Å². The lowest BCUT2D eigenvalue weighted by Gasteiger charge is -2.20. The van der Waals surface area contributed by atoms with E-state index in [1.54, 1.807) is 18.2 Å². The Hall–Kier alpha value is -1.23. The van der Waals surface area contributed by atoms with Crippen molar-refractivity contribution in [3.8, 4) is 0 Å². The molecule has 0 radical (unpaired) electrons. The molecule has 0 heterocycles. The van der Waals surface area contributed by atoms with Crippen LogP contribution in [0.1, 0.15) is 17.2 Å². The minimum atomic E-state index is -0.828. The highest BCUT2D eigenvalue weighted by atomic mass is 79.9. The predicted molar refractivity (Wildman–Crippen MR) is 77.2 cm³/mol. The molecule has 0 aliphatic heterocycles. The van der Waals surface area contributed by atoms with Gasteiger partial charge in [0.2, 0.25) is 0 Å². The zero-order valence-electron chi connectivity index (χ0n) is 10.3. The van der Waals surface area contributed by atoms with Gasteiger partial charge in [0.1, 0.15) is 5.82 Å². The molecule has 0 aromatic heterocycles. The van der Waals surface area contributed by atoms with Crippen molar-refractivity contribution in [3.63, 3.8) is 0 Å². The Labute approximate surface area is 120 Å². The van der Waals surface area contributed by atoms with E-state index in [-0.39, 0.29) is 0 Å². The summed E-state index contributed by atoms with van der Waals surface area (Å²) in [6.45, 7) is 0. The summed E-state index contributed by atoms with van der Waals surface area (Å²) in [5, 5.41) is 10.1. The normalized spacial score (nSPS) is 14.1. The lowest BCUT2D eigenvalue weighted by molar-refractivity contribution is 0.143. The highest BCUT2D eigenvalue weighted by Crippen LogP contribution is 2.25. The van der Waals surface area contributed by atoms with Crippen molar-refractivity contribution >= 4 is 15.9 Å². The minimum absolute atomic E-state index is 0.317. The summed E-state index contributed by atoms with van der Waals surface area (Å²) in [5.74, 6) is -0.415. The second-order valence-electron chi connectivity index (χ2n) is 4.43. The molecular formula is C15H15BrFNO. The first-order chi connectivity index (χ1) is 9.09. The van der Waals surface area contributed by atoms with Gasteiger partial charge in [-0.15, -0.1) is 0 Å². The maximum Gasteiger partial charge on any atom is 0.142 e.